The number of likely N-dealkylation sites (tertiary alicyclic amines) is 1. The van der Waals surface area contributed by atoms with Crippen molar-refractivity contribution in [1.29, 1.82) is 0 Å². The Morgan fingerprint density at radius 2 is 1.87 bits per heavy atom. The zero-order valence-corrected chi connectivity index (χ0v) is 18.6. The third-order valence-corrected chi connectivity index (χ3v) is 4.71. The number of nitrogens with zero attached hydrogens (tertiary/aromatic N) is 1. The Kier molecular flexibility index (Phi) is 7.28. The van der Waals surface area contributed by atoms with E-state index in [-0.39, 0.29) is 12.0 Å². The van der Waals surface area contributed by atoms with Crippen LogP contribution in [0.4, 0.5) is 15.3 Å². The zero-order valence-electron chi connectivity index (χ0n) is 17.9. The molecule has 2 aromatic rings. The summed E-state index contributed by atoms with van der Waals surface area (Å²) in [4.78, 5) is 26.0. The number of para-hydroxylation sites is 1. The van der Waals surface area contributed by atoms with Gasteiger partial charge in [0.2, 0.25) is 0 Å². The molecule has 2 aromatic carbocycles. The highest BCUT2D eigenvalue weighted by molar-refractivity contribution is 6.31. The van der Waals surface area contributed by atoms with E-state index in [2.05, 4.69) is 5.32 Å². The Bertz CT molecular complexity index is 914. The van der Waals surface area contributed by atoms with Crippen LogP contribution in [-0.4, -0.2) is 42.4 Å². The molecular formula is C23H27ClN2O5. The first-order chi connectivity index (χ1) is 14.7. The summed E-state index contributed by atoms with van der Waals surface area (Å²) in [5.41, 5.74) is -0.0532. The number of ether oxygens (including phenoxy) is 3. The van der Waals surface area contributed by atoms with Gasteiger partial charge in [0, 0.05) is 35.8 Å². The molecule has 0 aromatic heterocycles. The Hall–Kier alpha value is -2.93. The average molecular weight is 447 g/mol. The molecule has 0 bridgehead atoms. The first-order valence-corrected chi connectivity index (χ1v) is 10.5. The van der Waals surface area contributed by atoms with E-state index >= 15 is 0 Å². The lowest BCUT2D eigenvalue weighted by Crippen LogP contribution is -2.35. The molecule has 0 aliphatic carbocycles. The van der Waals surface area contributed by atoms with E-state index in [9.17, 15) is 9.59 Å². The largest absolute Gasteiger partial charge is 0.493 e. The van der Waals surface area contributed by atoms with Gasteiger partial charge in [0.25, 0.3) is 0 Å². The van der Waals surface area contributed by atoms with E-state index in [1.807, 2.05) is 26.8 Å². The first-order valence-electron chi connectivity index (χ1n) is 10.1. The molecule has 3 rings (SSSR count). The van der Waals surface area contributed by atoms with Gasteiger partial charge in [-0.2, -0.15) is 0 Å². The summed E-state index contributed by atoms with van der Waals surface area (Å²) >= 11 is 6.17. The van der Waals surface area contributed by atoms with Crippen LogP contribution in [-0.2, 0) is 4.74 Å². The predicted octanol–water partition coefficient (Wildman–Crippen LogP) is 5.59. The molecule has 7 nitrogen and oxygen atoms in total. The molecule has 1 saturated heterocycles. The highest BCUT2D eigenvalue weighted by Crippen LogP contribution is 2.27. The minimum absolute atomic E-state index is 0.186. The number of hydrogen-bond acceptors (Lipinski definition) is 5. The molecule has 1 fully saturated rings. The third kappa shape index (κ3) is 7.36. The van der Waals surface area contributed by atoms with Gasteiger partial charge >= 0.3 is 12.2 Å². The lowest BCUT2D eigenvalue weighted by molar-refractivity contribution is 0.0284. The van der Waals surface area contributed by atoms with Gasteiger partial charge in [0.1, 0.15) is 17.1 Å². The number of carbonyl (C=O) groups is 2. The van der Waals surface area contributed by atoms with Crippen molar-refractivity contribution in [2.45, 2.75) is 32.8 Å². The fourth-order valence-corrected chi connectivity index (χ4v) is 3.36. The fraction of sp³-hybridized carbons (Fsp3) is 0.391. The predicted molar refractivity (Wildman–Crippen MR) is 119 cm³/mol. The third-order valence-electron chi connectivity index (χ3n) is 4.49. The lowest BCUT2D eigenvalue weighted by atomic mass is 10.1. The summed E-state index contributed by atoms with van der Waals surface area (Å²) in [6.45, 7) is 7.18. The number of carbonyl (C=O) groups excluding carboxylic acids is 2. The summed E-state index contributed by atoms with van der Waals surface area (Å²) in [7, 11) is 0. The molecule has 1 N–H and O–H groups in total. The zero-order chi connectivity index (χ0) is 22.4. The molecule has 2 amide bonds. The molecule has 8 heteroatoms. The normalized spacial score (nSPS) is 16.0. The Morgan fingerprint density at radius 1 is 1.13 bits per heavy atom. The van der Waals surface area contributed by atoms with Crippen LogP contribution < -0.4 is 14.8 Å². The summed E-state index contributed by atoms with van der Waals surface area (Å²) < 4.78 is 16.5. The Labute approximate surface area is 187 Å². The number of halogens is 1. The van der Waals surface area contributed by atoms with Crippen LogP contribution in [0.2, 0.25) is 5.02 Å². The van der Waals surface area contributed by atoms with Gasteiger partial charge in [0.05, 0.1) is 6.61 Å². The van der Waals surface area contributed by atoms with E-state index in [1.54, 1.807) is 47.4 Å². The summed E-state index contributed by atoms with van der Waals surface area (Å²) in [5.74, 6) is 1.15. The SMILES string of the molecule is CC(C)(C)OC(=O)N1CC[C@H](COc2cc(Cl)cc(NC(=O)Oc3ccccc3)c2)C1. The molecule has 0 spiro atoms. The van der Waals surface area contributed by atoms with Crippen molar-refractivity contribution in [2.24, 2.45) is 5.92 Å². The van der Waals surface area contributed by atoms with E-state index in [4.69, 9.17) is 25.8 Å². The van der Waals surface area contributed by atoms with E-state index in [0.717, 1.165) is 6.42 Å². The van der Waals surface area contributed by atoms with Crippen LogP contribution in [0.25, 0.3) is 0 Å². The van der Waals surface area contributed by atoms with Crippen LogP contribution in [0.15, 0.2) is 48.5 Å². The number of rotatable bonds is 5. The highest BCUT2D eigenvalue weighted by Gasteiger charge is 2.30. The fourth-order valence-electron chi connectivity index (χ4n) is 3.13. The maximum Gasteiger partial charge on any atom is 0.417 e. The summed E-state index contributed by atoms with van der Waals surface area (Å²) in [6.07, 6.45) is -0.0988. The van der Waals surface area contributed by atoms with Crippen molar-refractivity contribution >= 4 is 29.5 Å². The highest BCUT2D eigenvalue weighted by atomic mass is 35.5. The minimum Gasteiger partial charge on any atom is -0.493 e. The second-order valence-electron chi connectivity index (χ2n) is 8.40. The lowest BCUT2D eigenvalue weighted by Gasteiger charge is -2.24. The van der Waals surface area contributed by atoms with Crippen LogP contribution in [0, 0.1) is 5.92 Å². The molecule has 31 heavy (non-hydrogen) atoms. The van der Waals surface area contributed by atoms with E-state index < -0.39 is 11.7 Å². The van der Waals surface area contributed by atoms with Gasteiger partial charge in [-0.25, -0.2) is 9.59 Å². The maximum atomic E-state index is 12.2. The van der Waals surface area contributed by atoms with Crippen molar-refractivity contribution < 1.29 is 23.8 Å². The molecule has 1 atom stereocenters. The summed E-state index contributed by atoms with van der Waals surface area (Å²) in [5, 5.41) is 3.07. The molecule has 0 saturated carbocycles. The smallest absolute Gasteiger partial charge is 0.417 e. The van der Waals surface area contributed by atoms with Gasteiger partial charge in [-0.15, -0.1) is 0 Å². The quantitative estimate of drug-likeness (QED) is 0.648. The average Bonchev–Trinajstić information content (AvgIpc) is 3.14. The van der Waals surface area contributed by atoms with Gasteiger partial charge in [-0.1, -0.05) is 29.8 Å². The van der Waals surface area contributed by atoms with E-state index in [1.165, 1.54) is 0 Å². The molecular weight excluding hydrogens is 420 g/mol. The standard InChI is InChI=1S/C23H27ClN2O5/c1-23(2,3)31-22(28)26-10-9-16(14-26)15-29-20-12-17(24)11-18(13-20)25-21(27)30-19-7-5-4-6-8-19/h4-8,11-13,16H,9-10,14-15H2,1-3H3,(H,25,27)/t16-/m0/s1. The van der Waals surface area contributed by atoms with Crippen LogP contribution in [0.1, 0.15) is 27.2 Å². The molecule has 1 aliphatic heterocycles. The molecule has 0 radical (unpaired) electrons. The second kappa shape index (κ2) is 9.92. The van der Waals surface area contributed by atoms with Crippen LogP contribution in [0.3, 0.4) is 0 Å². The number of amides is 2. The van der Waals surface area contributed by atoms with Crippen molar-refractivity contribution in [1.82, 2.24) is 4.90 Å². The molecule has 0 unspecified atom stereocenters. The molecule has 1 aliphatic rings. The van der Waals surface area contributed by atoms with Gasteiger partial charge in [-0.05, 0) is 51.5 Å². The maximum absolute atomic E-state index is 12.2. The number of anilines is 1. The second-order valence-corrected chi connectivity index (χ2v) is 8.83. The van der Waals surface area contributed by atoms with Crippen molar-refractivity contribution in [3.63, 3.8) is 0 Å². The van der Waals surface area contributed by atoms with Gasteiger partial charge < -0.3 is 19.1 Å². The van der Waals surface area contributed by atoms with Crippen LogP contribution in [0.5, 0.6) is 11.5 Å². The van der Waals surface area contributed by atoms with Crippen LogP contribution >= 0.6 is 11.6 Å². The minimum atomic E-state index is -0.622. The Morgan fingerprint density at radius 3 is 2.58 bits per heavy atom. The van der Waals surface area contributed by atoms with Crippen molar-refractivity contribution in [2.75, 3.05) is 25.0 Å². The van der Waals surface area contributed by atoms with E-state index in [0.29, 0.717) is 41.9 Å². The molecule has 166 valence electrons. The Balaban J connectivity index is 1.51. The van der Waals surface area contributed by atoms with Gasteiger partial charge in [0.15, 0.2) is 0 Å². The topological polar surface area (TPSA) is 77.1 Å². The monoisotopic (exact) mass is 446 g/mol. The number of nitrogens with one attached hydrogen (secondary N) is 1. The summed E-state index contributed by atoms with van der Waals surface area (Å²) in [6, 6.07) is 13.7. The van der Waals surface area contributed by atoms with Gasteiger partial charge in [-0.3, -0.25) is 5.32 Å². The van der Waals surface area contributed by atoms with Crippen molar-refractivity contribution in [3.8, 4) is 11.5 Å². The number of benzene rings is 2. The first kappa shape index (κ1) is 22.7. The number of hydrogen-bond donors (Lipinski definition) is 1. The molecule has 1 heterocycles. The van der Waals surface area contributed by atoms with Crippen molar-refractivity contribution in [3.05, 3.63) is 53.6 Å².